The van der Waals surface area contributed by atoms with Crippen molar-refractivity contribution in [1.82, 2.24) is 15.2 Å². The lowest BCUT2D eigenvalue weighted by Gasteiger charge is -2.38. The molecule has 1 aliphatic heterocycles. The third-order valence-corrected chi connectivity index (χ3v) is 8.27. The Hall–Kier alpha value is -1.14. The molecule has 1 N–H and O–H groups in total. The minimum Gasteiger partial charge on any atom is -0.354 e. The molecule has 1 unspecified atom stereocenters. The molecule has 2 heterocycles. The number of aromatic nitrogens is 1. The number of pyridine rings is 1. The number of halogens is 1. The molecule has 0 saturated carbocycles. The van der Waals surface area contributed by atoms with E-state index < -0.39 is 0 Å². The van der Waals surface area contributed by atoms with Gasteiger partial charge in [-0.2, -0.15) is 0 Å². The van der Waals surface area contributed by atoms with Crippen LogP contribution in [0.5, 0.6) is 0 Å². The average Bonchev–Trinajstić information content (AvgIpc) is 2.92. The van der Waals surface area contributed by atoms with Crippen molar-refractivity contribution in [3.05, 3.63) is 23.9 Å². The predicted molar refractivity (Wildman–Crippen MR) is 159 cm³/mol. The maximum absolute atomic E-state index is 12.5. The Morgan fingerprint density at radius 1 is 0.861 bits per heavy atom. The second-order valence-electron chi connectivity index (χ2n) is 10.6. The van der Waals surface area contributed by atoms with Gasteiger partial charge < -0.3 is 10.2 Å². The summed E-state index contributed by atoms with van der Waals surface area (Å²) < 4.78 is 0. The molecule has 1 aliphatic rings. The van der Waals surface area contributed by atoms with Gasteiger partial charge in [-0.3, -0.25) is 9.69 Å². The smallest absolute Gasteiger partial charge is 0.252 e. The first-order valence-electron chi connectivity index (χ1n) is 14.9. The Kier molecular flexibility index (Phi) is 17.2. The van der Waals surface area contributed by atoms with Crippen molar-refractivity contribution in [2.24, 2.45) is 0 Å². The third kappa shape index (κ3) is 12.9. The van der Waals surface area contributed by atoms with Gasteiger partial charge in [-0.05, 0) is 38.3 Å². The van der Waals surface area contributed by atoms with Crippen LogP contribution in [0.3, 0.4) is 0 Å². The fraction of sp³-hybridized carbons (Fsp3) is 0.800. The summed E-state index contributed by atoms with van der Waals surface area (Å²) in [6, 6.07) is 4.57. The van der Waals surface area contributed by atoms with Gasteiger partial charge in [-0.1, -0.05) is 99.9 Å². The molecule has 5 nitrogen and oxygen atoms in total. The number of nitrogens with zero attached hydrogens (tertiary/aromatic N) is 3. The van der Waals surface area contributed by atoms with E-state index in [2.05, 4.69) is 49.9 Å². The van der Waals surface area contributed by atoms with Crippen molar-refractivity contribution in [2.45, 2.75) is 116 Å². The summed E-state index contributed by atoms with van der Waals surface area (Å²) >= 11 is 3.50. The molecule has 6 heteroatoms. The third-order valence-electron chi connectivity index (χ3n) is 7.71. The average molecular weight is 566 g/mol. The van der Waals surface area contributed by atoms with Gasteiger partial charge >= 0.3 is 0 Å². The zero-order valence-corrected chi connectivity index (χ0v) is 24.9. The number of alkyl halides is 1. The summed E-state index contributed by atoms with van der Waals surface area (Å²) in [6.45, 7) is 9.48. The van der Waals surface area contributed by atoms with Crippen molar-refractivity contribution >= 4 is 27.7 Å². The summed E-state index contributed by atoms with van der Waals surface area (Å²) in [5, 5.41) is 4.23. The van der Waals surface area contributed by atoms with Crippen LogP contribution in [0.2, 0.25) is 0 Å². The van der Waals surface area contributed by atoms with Gasteiger partial charge in [0.25, 0.3) is 5.91 Å². The molecule has 1 amide bonds. The topological polar surface area (TPSA) is 48.5 Å². The Morgan fingerprint density at radius 2 is 1.39 bits per heavy atom. The van der Waals surface area contributed by atoms with Gasteiger partial charge in [0.2, 0.25) is 0 Å². The van der Waals surface area contributed by atoms with Gasteiger partial charge in [0, 0.05) is 50.3 Å². The van der Waals surface area contributed by atoms with Crippen LogP contribution in [0.15, 0.2) is 18.3 Å². The molecule has 1 atom stereocenters. The van der Waals surface area contributed by atoms with Crippen LogP contribution in [-0.4, -0.2) is 59.9 Å². The van der Waals surface area contributed by atoms with Gasteiger partial charge in [0.05, 0.1) is 5.56 Å². The first-order valence-corrected chi connectivity index (χ1v) is 16.1. The number of nitrogens with one attached hydrogen (secondary N) is 1. The van der Waals surface area contributed by atoms with Crippen molar-refractivity contribution < 1.29 is 4.79 Å². The van der Waals surface area contributed by atoms with Gasteiger partial charge in [-0.25, -0.2) is 4.98 Å². The van der Waals surface area contributed by atoms with Crippen LogP contribution < -0.4 is 10.2 Å². The molecule has 1 saturated heterocycles. The van der Waals surface area contributed by atoms with Crippen LogP contribution in [0, 0.1) is 0 Å². The maximum atomic E-state index is 12.5. The summed E-state index contributed by atoms with van der Waals surface area (Å²) in [6.07, 6.45) is 21.7. The highest BCUT2D eigenvalue weighted by Gasteiger charge is 2.21. The van der Waals surface area contributed by atoms with Crippen molar-refractivity contribution in [3.63, 3.8) is 0 Å². The Bertz CT molecular complexity index is 676. The van der Waals surface area contributed by atoms with Crippen LogP contribution in [0.4, 0.5) is 5.82 Å². The van der Waals surface area contributed by atoms with Crippen molar-refractivity contribution in [1.29, 1.82) is 0 Å². The number of amides is 1. The number of unbranched alkanes of at least 4 members (excludes halogenated alkanes) is 13. The van der Waals surface area contributed by atoms with Gasteiger partial charge in [0.1, 0.15) is 5.82 Å². The number of hydrogen-bond acceptors (Lipinski definition) is 4. The lowest BCUT2D eigenvalue weighted by Crippen LogP contribution is -2.49. The number of anilines is 1. The molecule has 36 heavy (non-hydrogen) atoms. The Morgan fingerprint density at radius 3 is 1.86 bits per heavy atom. The number of piperazine rings is 1. The Labute approximate surface area is 230 Å². The van der Waals surface area contributed by atoms with Crippen LogP contribution in [0.1, 0.15) is 121 Å². The molecule has 2 rings (SSSR count). The van der Waals surface area contributed by atoms with E-state index in [0.29, 0.717) is 11.6 Å². The SMILES string of the molecule is CCC(C)N1CCN(c2ccc(C(=O)NCCCCCCCCCCCCCCCCBr)cn2)CC1. The molecule has 1 aromatic rings. The zero-order valence-electron chi connectivity index (χ0n) is 23.3. The predicted octanol–water partition coefficient (Wildman–Crippen LogP) is 7.59. The fourth-order valence-corrected chi connectivity index (χ4v) is 5.40. The normalized spacial score (nSPS) is 15.2. The maximum Gasteiger partial charge on any atom is 0.252 e. The standard InChI is InChI=1S/C30H53BrN4O/c1-3-27(2)34-22-24-35(25-23-34)29-19-18-28(26-33-29)30(36)32-21-17-15-13-11-9-7-5-4-6-8-10-12-14-16-20-31/h18-19,26-27H,3-17,20-25H2,1-2H3,(H,32,36). The second-order valence-corrected chi connectivity index (χ2v) is 11.4. The summed E-state index contributed by atoms with van der Waals surface area (Å²) in [4.78, 5) is 21.9. The molecule has 206 valence electrons. The molecule has 0 aliphatic carbocycles. The van der Waals surface area contributed by atoms with E-state index in [9.17, 15) is 4.79 Å². The molecule has 1 aromatic heterocycles. The van der Waals surface area contributed by atoms with Crippen LogP contribution in [0.25, 0.3) is 0 Å². The highest BCUT2D eigenvalue weighted by Crippen LogP contribution is 2.16. The lowest BCUT2D eigenvalue weighted by molar-refractivity contribution is 0.0952. The quantitative estimate of drug-likeness (QED) is 0.131. The molecule has 0 radical (unpaired) electrons. The molecule has 0 bridgehead atoms. The number of carbonyl (C=O) groups is 1. The zero-order chi connectivity index (χ0) is 25.8. The van der Waals surface area contributed by atoms with Crippen molar-refractivity contribution in [3.8, 4) is 0 Å². The van der Waals surface area contributed by atoms with E-state index in [1.807, 2.05) is 12.1 Å². The Balaban J connectivity index is 1.44. The van der Waals surface area contributed by atoms with Crippen LogP contribution >= 0.6 is 15.9 Å². The summed E-state index contributed by atoms with van der Waals surface area (Å²) in [7, 11) is 0. The molecular weight excluding hydrogens is 512 g/mol. The lowest BCUT2D eigenvalue weighted by atomic mass is 10.0. The first kappa shape index (κ1) is 31.1. The van der Waals surface area contributed by atoms with Crippen LogP contribution in [-0.2, 0) is 0 Å². The van der Waals surface area contributed by atoms with E-state index in [1.54, 1.807) is 6.20 Å². The minimum absolute atomic E-state index is 0.00115. The number of rotatable bonds is 20. The summed E-state index contributed by atoms with van der Waals surface area (Å²) in [5.41, 5.74) is 0.663. The number of carbonyl (C=O) groups excluding carboxylic acids is 1. The molecule has 0 aromatic carbocycles. The van der Waals surface area contributed by atoms with E-state index in [4.69, 9.17) is 0 Å². The van der Waals surface area contributed by atoms with E-state index in [1.165, 1.54) is 89.9 Å². The second kappa shape index (κ2) is 19.9. The molecule has 0 spiro atoms. The van der Waals surface area contributed by atoms with Gasteiger partial charge in [-0.15, -0.1) is 0 Å². The van der Waals surface area contributed by atoms with E-state index in [0.717, 1.165) is 50.3 Å². The highest BCUT2D eigenvalue weighted by atomic mass is 79.9. The van der Waals surface area contributed by atoms with E-state index in [-0.39, 0.29) is 5.91 Å². The van der Waals surface area contributed by atoms with Gasteiger partial charge in [0.15, 0.2) is 0 Å². The van der Waals surface area contributed by atoms with E-state index >= 15 is 0 Å². The molecular formula is C30H53BrN4O. The van der Waals surface area contributed by atoms with Crippen molar-refractivity contribution in [2.75, 3.05) is 43.0 Å². The number of hydrogen-bond donors (Lipinski definition) is 1. The molecule has 1 fully saturated rings. The highest BCUT2D eigenvalue weighted by molar-refractivity contribution is 9.09. The monoisotopic (exact) mass is 564 g/mol. The minimum atomic E-state index is -0.00115. The first-order chi connectivity index (χ1) is 17.7. The summed E-state index contributed by atoms with van der Waals surface area (Å²) in [5.74, 6) is 0.981. The fourth-order valence-electron chi connectivity index (χ4n) is 5.00. The largest absolute Gasteiger partial charge is 0.354 e.